The van der Waals surface area contributed by atoms with Gasteiger partial charge in [0.15, 0.2) is 0 Å². The van der Waals surface area contributed by atoms with Crippen molar-refractivity contribution in [3.05, 3.63) is 89.8 Å². The van der Waals surface area contributed by atoms with Crippen molar-refractivity contribution in [1.29, 1.82) is 0 Å². The Morgan fingerprint density at radius 1 is 0.577 bits per heavy atom. The van der Waals surface area contributed by atoms with Crippen LogP contribution in [-0.2, 0) is 25.9 Å². The van der Waals surface area contributed by atoms with Crippen LogP contribution in [0.3, 0.4) is 0 Å². The Morgan fingerprint density at radius 2 is 1.08 bits per heavy atom. The summed E-state index contributed by atoms with van der Waals surface area (Å²) < 4.78 is 0. The van der Waals surface area contributed by atoms with E-state index in [0.29, 0.717) is 0 Å². The highest BCUT2D eigenvalue weighted by Crippen LogP contribution is 2.00. The first-order valence-corrected chi connectivity index (χ1v) is 9.06. The maximum atomic E-state index is 4.71. The molecular formula is C21H25N5. The van der Waals surface area contributed by atoms with Crippen molar-refractivity contribution < 1.29 is 0 Å². The van der Waals surface area contributed by atoms with E-state index in [-0.39, 0.29) is 0 Å². The molecule has 0 amide bonds. The number of pyridine rings is 3. The Hall–Kier alpha value is -2.63. The maximum Gasteiger partial charge on any atom is 0.0545 e. The minimum Gasteiger partial charge on any atom is -0.311 e. The molecule has 3 aromatic rings. The molecule has 134 valence electrons. The molecule has 3 rings (SSSR count). The fourth-order valence-electron chi connectivity index (χ4n) is 2.68. The summed E-state index contributed by atoms with van der Waals surface area (Å²) in [5, 5.41) is 6.87. The van der Waals surface area contributed by atoms with Gasteiger partial charge in [-0.1, -0.05) is 18.2 Å². The summed E-state index contributed by atoms with van der Waals surface area (Å²) in [6.45, 7) is 3.33. The first-order valence-electron chi connectivity index (χ1n) is 9.06. The SMILES string of the molecule is c1ccc(CCNCc2cccc(CNCCc3ccccn3)n2)nc1. The van der Waals surface area contributed by atoms with Crippen molar-refractivity contribution in [2.75, 3.05) is 13.1 Å². The highest BCUT2D eigenvalue weighted by Gasteiger charge is 2.00. The second-order valence-electron chi connectivity index (χ2n) is 6.12. The number of hydrogen-bond acceptors (Lipinski definition) is 5. The Bertz CT molecular complexity index is 699. The average molecular weight is 347 g/mol. The van der Waals surface area contributed by atoms with Gasteiger partial charge in [0.05, 0.1) is 11.4 Å². The molecular weight excluding hydrogens is 322 g/mol. The van der Waals surface area contributed by atoms with Crippen LogP contribution >= 0.6 is 0 Å². The zero-order valence-corrected chi connectivity index (χ0v) is 14.9. The van der Waals surface area contributed by atoms with Gasteiger partial charge in [0.1, 0.15) is 0 Å². The summed E-state index contributed by atoms with van der Waals surface area (Å²) in [5.74, 6) is 0. The van der Waals surface area contributed by atoms with Gasteiger partial charge in [0.2, 0.25) is 0 Å². The molecule has 3 aromatic heterocycles. The first-order chi connectivity index (χ1) is 12.9. The highest BCUT2D eigenvalue weighted by atomic mass is 14.9. The van der Waals surface area contributed by atoms with Gasteiger partial charge in [-0.15, -0.1) is 0 Å². The summed E-state index contributed by atoms with van der Waals surface area (Å²) >= 11 is 0. The van der Waals surface area contributed by atoms with Crippen LogP contribution < -0.4 is 10.6 Å². The zero-order chi connectivity index (χ0) is 17.9. The van der Waals surface area contributed by atoms with Gasteiger partial charge in [0.25, 0.3) is 0 Å². The monoisotopic (exact) mass is 347 g/mol. The lowest BCUT2D eigenvalue weighted by Crippen LogP contribution is -2.20. The van der Waals surface area contributed by atoms with Crippen molar-refractivity contribution in [2.24, 2.45) is 0 Å². The Morgan fingerprint density at radius 3 is 1.54 bits per heavy atom. The standard InChI is InChI=1S/C21H25N5/c1-3-12-24-18(6-1)10-14-22-16-20-8-5-9-21(26-20)17-23-15-11-19-7-2-4-13-25-19/h1-9,12-13,22-23H,10-11,14-17H2. The summed E-state index contributed by atoms with van der Waals surface area (Å²) in [6.07, 6.45) is 5.52. The predicted molar refractivity (Wildman–Crippen MR) is 104 cm³/mol. The van der Waals surface area contributed by atoms with E-state index in [1.54, 1.807) is 0 Å². The fraction of sp³-hybridized carbons (Fsp3) is 0.286. The van der Waals surface area contributed by atoms with Gasteiger partial charge in [0, 0.05) is 62.8 Å². The zero-order valence-electron chi connectivity index (χ0n) is 14.9. The molecule has 0 saturated carbocycles. The fourth-order valence-corrected chi connectivity index (χ4v) is 2.68. The Kier molecular flexibility index (Phi) is 7.25. The lowest BCUT2D eigenvalue weighted by molar-refractivity contribution is 0.647. The molecule has 2 N–H and O–H groups in total. The van der Waals surface area contributed by atoms with Gasteiger partial charge in [-0.05, 0) is 36.4 Å². The van der Waals surface area contributed by atoms with Gasteiger partial charge in [-0.2, -0.15) is 0 Å². The van der Waals surface area contributed by atoms with Gasteiger partial charge < -0.3 is 10.6 Å². The van der Waals surface area contributed by atoms with E-state index < -0.39 is 0 Å². The van der Waals surface area contributed by atoms with Crippen LogP contribution in [0.1, 0.15) is 22.8 Å². The first kappa shape index (κ1) is 18.2. The molecule has 5 nitrogen and oxygen atoms in total. The van der Waals surface area contributed by atoms with Crippen LogP contribution in [0.25, 0.3) is 0 Å². The molecule has 0 saturated heterocycles. The number of hydrogen-bond donors (Lipinski definition) is 2. The molecule has 3 heterocycles. The van der Waals surface area contributed by atoms with E-state index in [0.717, 1.165) is 61.8 Å². The van der Waals surface area contributed by atoms with E-state index in [9.17, 15) is 0 Å². The predicted octanol–water partition coefficient (Wildman–Crippen LogP) is 2.54. The smallest absolute Gasteiger partial charge is 0.0545 e. The topological polar surface area (TPSA) is 62.7 Å². The molecule has 5 heteroatoms. The number of aromatic nitrogens is 3. The molecule has 0 unspecified atom stereocenters. The van der Waals surface area contributed by atoms with Crippen LogP contribution in [0, 0.1) is 0 Å². The number of nitrogens with one attached hydrogen (secondary N) is 2. The third-order valence-electron chi connectivity index (χ3n) is 4.04. The van der Waals surface area contributed by atoms with Gasteiger partial charge >= 0.3 is 0 Å². The average Bonchev–Trinajstić information content (AvgIpc) is 2.71. The van der Waals surface area contributed by atoms with E-state index in [2.05, 4.69) is 50.9 Å². The minimum atomic E-state index is 0.772. The van der Waals surface area contributed by atoms with Crippen LogP contribution in [0.5, 0.6) is 0 Å². The number of rotatable bonds is 10. The van der Waals surface area contributed by atoms with Crippen molar-refractivity contribution in [1.82, 2.24) is 25.6 Å². The molecule has 26 heavy (non-hydrogen) atoms. The second kappa shape index (κ2) is 10.4. The molecule has 0 atom stereocenters. The molecule has 0 bridgehead atoms. The van der Waals surface area contributed by atoms with E-state index >= 15 is 0 Å². The van der Waals surface area contributed by atoms with Crippen molar-refractivity contribution in [3.63, 3.8) is 0 Å². The molecule has 0 radical (unpaired) electrons. The second-order valence-corrected chi connectivity index (χ2v) is 6.12. The van der Waals surface area contributed by atoms with Crippen molar-refractivity contribution in [2.45, 2.75) is 25.9 Å². The third kappa shape index (κ3) is 6.35. The quantitative estimate of drug-likeness (QED) is 0.552. The summed E-state index contributed by atoms with van der Waals surface area (Å²) in [4.78, 5) is 13.4. The Balaban J connectivity index is 1.36. The van der Waals surface area contributed by atoms with E-state index in [1.165, 1.54) is 0 Å². The van der Waals surface area contributed by atoms with Crippen molar-refractivity contribution in [3.8, 4) is 0 Å². The van der Waals surface area contributed by atoms with Gasteiger partial charge in [-0.3, -0.25) is 15.0 Å². The minimum absolute atomic E-state index is 0.772. The van der Waals surface area contributed by atoms with Gasteiger partial charge in [-0.25, -0.2) is 0 Å². The molecule has 0 aliphatic rings. The van der Waals surface area contributed by atoms with Crippen LogP contribution in [0.15, 0.2) is 67.0 Å². The van der Waals surface area contributed by atoms with Crippen molar-refractivity contribution >= 4 is 0 Å². The summed E-state index contributed by atoms with van der Waals surface area (Å²) in [7, 11) is 0. The highest BCUT2D eigenvalue weighted by molar-refractivity contribution is 5.11. The molecule has 0 aliphatic carbocycles. The van der Waals surface area contributed by atoms with Crippen LogP contribution in [0.2, 0.25) is 0 Å². The summed E-state index contributed by atoms with van der Waals surface area (Å²) in [6, 6.07) is 18.2. The normalized spacial score (nSPS) is 10.8. The number of nitrogens with zero attached hydrogens (tertiary/aromatic N) is 3. The largest absolute Gasteiger partial charge is 0.311 e. The lowest BCUT2D eigenvalue weighted by Gasteiger charge is -2.08. The van der Waals surface area contributed by atoms with Crippen LogP contribution in [0.4, 0.5) is 0 Å². The Labute approximate surface area is 154 Å². The van der Waals surface area contributed by atoms with E-state index in [4.69, 9.17) is 4.98 Å². The van der Waals surface area contributed by atoms with Crippen LogP contribution in [-0.4, -0.2) is 28.0 Å². The maximum absolute atomic E-state index is 4.71. The molecule has 0 spiro atoms. The summed E-state index contributed by atoms with van der Waals surface area (Å²) in [5.41, 5.74) is 4.35. The van der Waals surface area contributed by atoms with E-state index in [1.807, 2.05) is 36.7 Å². The molecule has 0 aromatic carbocycles. The lowest BCUT2D eigenvalue weighted by atomic mass is 10.2. The molecule has 0 fully saturated rings. The molecule has 0 aliphatic heterocycles. The third-order valence-corrected chi connectivity index (χ3v) is 4.04.